The molecule has 15 heavy (non-hydrogen) atoms. The summed E-state index contributed by atoms with van der Waals surface area (Å²) in [6.45, 7) is 3.11. The van der Waals surface area contributed by atoms with Crippen molar-refractivity contribution >= 4 is 17.8 Å². The SMILES string of the molecule is CC(=O)/C(=C\c1ccccc1C)C(=O)O. The Morgan fingerprint density at radius 1 is 1.27 bits per heavy atom. The number of rotatable bonds is 3. The second-order valence-corrected chi connectivity index (χ2v) is 3.28. The summed E-state index contributed by atoms with van der Waals surface area (Å²) in [4.78, 5) is 21.8. The summed E-state index contributed by atoms with van der Waals surface area (Å²) in [5, 5.41) is 8.81. The lowest BCUT2D eigenvalue weighted by atomic mass is 10.0. The molecule has 1 rings (SSSR count). The van der Waals surface area contributed by atoms with Gasteiger partial charge in [-0.05, 0) is 31.1 Å². The molecule has 1 aromatic rings. The molecule has 0 atom stereocenters. The number of hydrogen-bond donors (Lipinski definition) is 1. The van der Waals surface area contributed by atoms with E-state index in [0.29, 0.717) is 0 Å². The maximum atomic E-state index is 11.1. The molecule has 0 spiro atoms. The largest absolute Gasteiger partial charge is 0.478 e. The summed E-state index contributed by atoms with van der Waals surface area (Å²) in [6, 6.07) is 7.31. The lowest BCUT2D eigenvalue weighted by Crippen LogP contribution is -2.08. The van der Waals surface area contributed by atoms with Crippen LogP contribution in [0.1, 0.15) is 18.1 Å². The number of Topliss-reactive ketones (excluding diaryl/α,β-unsaturated/α-hetero) is 1. The van der Waals surface area contributed by atoms with Gasteiger partial charge in [-0.25, -0.2) is 4.79 Å². The Bertz CT molecular complexity index is 414. The summed E-state index contributed by atoms with van der Waals surface area (Å²) in [6.07, 6.45) is 1.40. The van der Waals surface area contributed by atoms with Gasteiger partial charge < -0.3 is 5.11 Å². The highest BCUT2D eigenvalue weighted by atomic mass is 16.4. The van der Waals surface area contributed by atoms with E-state index in [9.17, 15) is 9.59 Å². The maximum Gasteiger partial charge on any atom is 0.339 e. The van der Waals surface area contributed by atoms with Crippen LogP contribution in [0, 0.1) is 6.92 Å². The molecule has 78 valence electrons. The smallest absolute Gasteiger partial charge is 0.339 e. The second-order valence-electron chi connectivity index (χ2n) is 3.28. The standard InChI is InChI=1S/C12H12O3/c1-8-5-3-4-6-10(8)7-11(9(2)13)12(14)15/h3-7H,1-2H3,(H,14,15)/b11-7+. The third kappa shape index (κ3) is 2.77. The quantitative estimate of drug-likeness (QED) is 0.465. The number of carboxylic acid groups (broad SMARTS) is 1. The van der Waals surface area contributed by atoms with Crippen LogP contribution in [-0.2, 0) is 9.59 Å². The van der Waals surface area contributed by atoms with Crippen molar-refractivity contribution in [1.29, 1.82) is 0 Å². The Morgan fingerprint density at radius 2 is 1.87 bits per heavy atom. The molecule has 0 unspecified atom stereocenters. The number of carbonyl (C=O) groups is 2. The van der Waals surface area contributed by atoms with Crippen LogP contribution in [0.4, 0.5) is 0 Å². The van der Waals surface area contributed by atoms with Crippen molar-refractivity contribution in [2.45, 2.75) is 13.8 Å². The van der Waals surface area contributed by atoms with Crippen LogP contribution in [0.15, 0.2) is 29.8 Å². The molecular formula is C12H12O3. The third-order valence-corrected chi connectivity index (χ3v) is 2.10. The van der Waals surface area contributed by atoms with E-state index in [0.717, 1.165) is 11.1 Å². The first-order chi connectivity index (χ1) is 7.02. The van der Waals surface area contributed by atoms with Gasteiger partial charge in [-0.3, -0.25) is 4.79 Å². The Morgan fingerprint density at radius 3 is 2.33 bits per heavy atom. The van der Waals surface area contributed by atoms with E-state index in [4.69, 9.17) is 5.11 Å². The monoisotopic (exact) mass is 204 g/mol. The van der Waals surface area contributed by atoms with Crippen molar-refractivity contribution in [3.63, 3.8) is 0 Å². The molecule has 1 N–H and O–H groups in total. The van der Waals surface area contributed by atoms with Gasteiger partial charge in [-0.2, -0.15) is 0 Å². The zero-order valence-electron chi connectivity index (χ0n) is 8.65. The van der Waals surface area contributed by atoms with Gasteiger partial charge in [-0.1, -0.05) is 24.3 Å². The summed E-state index contributed by atoms with van der Waals surface area (Å²) in [5.41, 5.74) is 1.51. The molecule has 3 heteroatoms. The normalized spacial score (nSPS) is 11.2. The van der Waals surface area contributed by atoms with Gasteiger partial charge in [0.2, 0.25) is 0 Å². The predicted octanol–water partition coefficient (Wildman–Crippen LogP) is 2.05. The van der Waals surface area contributed by atoms with E-state index < -0.39 is 11.8 Å². The van der Waals surface area contributed by atoms with Gasteiger partial charge in [0.15, 0.2) is 5.78 Å². The van der Waals surface area contributed by atoms with Crippen molar-refractivity contribution in [3.05, 3.63) is 41.0 Å². The molecule has 0 bridgehead atoms. The van der Waals surface area contributed by atoms with Crippen LogP contribution in [-0.4, -0.2) is 16.9 Å². The van der Waals surface area contributed by atoms with Crippen molar-refractivity contribution in [2.75, 3.05) is 0 Å². The fraction of sp³-hybridized carbons (Fsp3) is 0.167. The van der Waals surface area contributed by atoms with Crippen molar-refractivity contribution in [1.82, 2.24) is 0 Å². The number of hydrogen-bond acceptors (Lipinski definition) is 2. The zero-order chi connectivity index (χ0) is 11.4. The summed E-state index contributed by atoms with van der Waals surface area (Å²) in [7, 11) is 0. The maximum absolute atomic E-state index is 11.1. The van der Waals surface area contributed by atoms with E-state index in [2.05, 4.69) is 0 Å². The first-order valence-electron chi connectivity index (χ1n) is 4.54. The Balaban J connectivity index is 3.19. The van der Waals surface area contributed by atoms with Gasteiger partial charge in [0, 0.05) is 0 Å². The molecule has 0 heterocycles. The average Bonchev–Trinajstić information content (AvgIpc) is 2.15. The minimum Gasteiger partial charge on any atom is -0.478 e. The molecule has 0 saturated heterocycles. The molecule has 1 aromatic carbocycles. The lowest BCUT2D eigenvalue weighted by Gasteiger charge is -2.01. The second kappa shape index (κ2) is 4.55. The minimum absolute atomic E-state index is 0.190. The summed E-state index contributed by atoms with van der Waals surface area (Å²) in [5.74, 6) is -1.63. The number of carbonyl (C=O) groups excluding carboxylic acids is 1. The number of benzene rings is 1. The van der Waals surface area contributed by atoms with Gasteiger partial charge >= 0.3 is 5.97 Å². The molecule has 3 nitrogen and oxygen atoms in total. The van der Waals surface area contributed by atoms with Gasteiger partial charge in [-0.15, -0.1) is 0 Å². The van der Waals surface area contributed by atoms with Gasteiger partial charge in [0.05, 0.1) is 0 Å². The molecule has 0 aliphatic heterocycles. The van der Waals surface area contributed by atoms with E-state index in [1.165, 1.54) is 13.0 Å². The van der Waals surface area contributed by atoms with E-state index in [-0.39, 0.29) is 5.57 Å². The predicted molar refractivity (Wildman–Crippen MR) is 57.5 cm³/mol. The highest BCUT2D eigenvalue weighted by Gasteiger charge is 2.12. The highest BCUT2D eigenvalue weighted by Crippen LogP contribution is 2.12. The van der Waals surface area contributed by atoms with Crippen LogP contribution < -0.4 is 0 Å². The fourth-order valence-corrected chi connectivity index (χ4v) is 1.22. The van der Waals surface area contributed by atoms with Crippen LogP contribution in [0.3, 0.4) is 0 Å². The van der Waals surface area contributed by atoms with Gasteiger partial charge in [0.25, 0.3) is 0 Å². The number of carboxylic acids is 1. The average molecular weight is 204 g/mol. The van der Waals surface area contributed by atoms with Gasteiger partial charge in [0.1, 0.15) is 5.57 Å². The van der Waals surface area contributed by atoms with Crippen molar-refractivity contribution in [3.8, 4) is 0 Å². The lowest BCUT2D eigenvalue weighted by molar-refractivity contribution is -0.134. The van der Waals surface area contributed by atoms with Crippen LogP contribution in [0.2, 0.25) is 0 Å². The Labute approximate surface area is 88.0 Å². The van der Waals surface area contributed by atoms with E-state index in [1.807, 2.05) is 19.1 Å². The molecule has 0 radical (unpaired) electrons. The molecule has 0 amide bonds. The first-order valence-corrected chi connectivity index (χ1v) is 4.54. The first kappa shape index (κ1) is 11.2. The molecule has 0 aromatic heterocycles. The fourth-order valence-electron chi connectivity index (χ4n) is 1.22. The molecule has 0 saturated carbocycles. The summed E-state index contributed by atoms with van der Waals surface area (Å²) < 4.78 is 0. The van der Waals surface area contributed by atoms with Crippen LogP contribution in [0.25, 0.3) is 6.08 Å². The zero-order valence-corrected chi connectivity index (χ0v) is 8.65. The minimum atomic E-state index is -1.19. The topological polar surface area (TPSA) is 54.4 Å². The van der Waals surface area contributed by atoms with Crippen molar-refractivity contribution in [2.24, 2.45) is 0 Å². The number of aryl methyl sites for hydroxylation is 1. The number of aliphatic carboxylic acids is 1. The third-order valence-electron chi connectivity index (χ3n) is 2.10. The number of ketones is 1. The summed E-state index contributed by atoms with van der Waals surface area (Å²) >= 11 is 0. The Hall–Kier alpha value is -1.90. The van der Waals surface area contributed by atoms with Crippen molar-refractivity contribution < 1.29 is 14.7 Å². The van der Waals surface area contributed by atoms with E-state index in [1.54, 1.807) is 12.1 Å². The van der Waals surface area contributed by atoms with Crippen LogP contribution in [0.5, 0.6) is 0 Å². The highest BCUT2D eigenvalue weighted by molar-refractivity contribution is 6.19. The molecule has 0 fully saturated rings. The molecule has 0 aliphatic carbocycles. The molecular weight excluding hydrogens is 192 g/mol. The molecule has 0 aliphatic rings. The Kier molecular flexibility index (Phi) is 3.39. The van der Waals surface area contributed by atoms with E-state index >= 15 is 0 Å². The van der Waals surface area contributed by atoms with Crippen LogP contribution >= 0.6 is 0 Å².